The van der Waals surface area contributed by atoms with E-state index in [0.29, 0.717) is 44.6 Å². The minimum absolute atomic E-state index is 0.0588. The number of rotatable bonds is 4. The topological polar surface area (TPSA) is 82.6 Å². The van der Waals surface area contributed by atoms with Gasteiger partial charge in [0.05, 0.1) is 6.61 Å². The van der Waals surface area contributed by atoms with Crippen molar-refractivity contribution in [2.75, 3.05) is 37.7 Å². The van der Waals surface area contributed by atoms with E-state index in [2.05, 4.69) is 11.1 Å². The summed E-state index contributed by atoms with van der Waals surface area (Å²) in [6.07, 6.45) is 0.502. The first-order chi connectivity index (χ1) is 13.6. The number of benzene rings is 1. The molecule has 28 heavy (non-hydrogen) atoms. The van der Waals surface area contributed by atoms with Crippen molar-refractivity contribution in [1.29, 1.82) is 5.26 Å². The highest BCUT2D eigenvalue weighted by molar-refractivity contribution is 5.68. The lowest BCUT2D eigenvalue weighted by molar-refractivity contribution is 0.104. The van der Waals surface area contributed by atoms with Gasteiger partial charge in [0, 0.05) is 32.1 Å². The van der Waals surface area contributed by atoms with Gasteiger partial charge in [-0.1, -0.05) is 12.1 Å². The number of hydrogen-bond donors (Lipinski definition) is 0. The van der Waals surface area contributed by atoms with E-state index in [9.17, 15) is 14.4 Å². The smallest absolute Gasteiger partial charge is 0.409 e. The predicted molar refractivity (Wildman–Crippen MR) is 98.5 cm³/mol. The molecule has 146 valence electrons. The Bertz CT molecular complexity index is 914. The Hall–Kier alpha value is -3.08. The lowest BCUT2D eigenvalue weighted by atomic mass is 10.1. The van der Waals surface area contributed by atoms with Crippen LogP contribution in [0, 0.1) is 17.1 Å². The summed E-state index contributed by atoms with van der Waals surface area (Å²) >= 11 is 0. The quantitative estimate of drug-likeness (QED) is 0.805. The maximum absolute atomic E-state index is 13.5. The van der Waals surface area contributed by atoms with Crippen LogP contribution >= 0.6 is 0 Å². The molecular weight excluding hydrogens is 363 g/mol. The van der Waals surface area contributed by atoms with Gasteiger partial charge in [-0.2, -0.15) is 5.26 Å². The van der Waals surface area contributed by atoms with Gasteiger partial charge in [-0.15, -0.1) is 0 Å². The molecule has 8 heteroatoms. The van der Waals surface area contributed by atoms with Crippen molar-refractivity contribution >= 4 is 12.0 Å². The monoisotopic (exact) mass is 384 g/mol. The van der Waals surface area contributed by atoms with Crippen LogP contribution in [-0.2, 0) is 4.74 Å². The number of ether oxygens (including phenoxy) is 1. The second kappa shape index (κ2) is 7.50. The van der Waals surface area contributed by atoms with Crippen LogP contribution in [0.2, 0.25) is 0 Å². The van der Waals surface area contributed by atoms with Gasteiger partial charge in [-0.3, -0.25) is 0 Å². The summed E-state index contributed by atoms with van der Waals surface area (Å²) in [6.45, 7) is 4.19. The standard InChI is InChI=1S/C20H21FN4O3/c1-2-27-20(26)25-8-6-24(7-9-25)19-17(12-22)23-18(28-19)16-11-15(16)13-4-3-5-14(21)10-13/h3-5,10,15-16H,2,6-9,11H2,1H3. The van der Waals surface area contributed by atoms with Crippen molar-refractivity contribution in [3.8, 4) is 6.07 Å². The van der Waals surface area contributed by atoms with Gasteiger partial charge in [-0.25, -0.2) is 14.2 Å². The lowest BCUT2D eigenvalue weighted by Gasteiger charge is -2.33. The zero-order valence-corrected chi connectivity index (χ0v) is 15.6. The van der Waals surface area contributed by atoms with Crippen molar-refractivity contribution in [3.63, 3.8) is 0 Å². The molecule has 1 aromatic carbocycles. The summed E-state index contributed by atoms with van der Waals surface area (Å²) in [6, 6.07) is 8.66. The Morgan fingerprint density at radius 3 is 2.82 bits per heavy atom. The summed E-state index contributed by atoms with van der Waals surface area (Å²) in [4.78, 5) is 19.8. The third-order valence-corrected chi connectivity index (χ3v) is 5.21. The van der Waals surface area contributed by atoms with E-state index in [1.807, 2.05) is 11.0 Å². The van der Waals surface area contributed by atoms with Crippen molar-refractivity contribution in [1.82, 2.24) is 9.88 Å². The summed E-state index contributed by atoms with van der Waals surface area (Å²) < 4.78 is 24.4. The number of aromatic nitrogens is 1. The first-order valence-corrected chi connectivity index (χ1v) is 9.43. The fourth-order valence-electron chi connectivity index (χ4n) is 3.65. The molecule has 0 bridgehead atoms. The van der Waals surface area contributed by atoms with Crippen molar-refractivity contribution in [2.45, 2.75) is 25.2 Å². The Labute approximate surface area is 162 Å². The number of carbonyl (C=O) groups excluding carboxylic acids is 1. The normalized spacial score (nSPS) is 21.3. The van der Waals surface area contributed by atoms with E-state index < -0.39 is 0 Å². The van der Waals surface area contributed by atoms with Crippen LogP contribution in [0.1, 0.15) is 42.3 Å². The molecule has 2 aliphatic rings. The predicted octanol–water partition coefficient (Wildman–Crippen LogP) is 3.23. The molecule has 0 radical (unpaired) electrons. The molecule has 2 unspecified atom stereocenters. The largest absolute Gasteiger partial charge is 0.450 e. The Morgan fingerprint density at radius 2 is 2.14 bits per heavy atom. The van der Waals surface area contributed by atoms with Crippen molar-refractivity contribution < 1.29 is 18.3 Å². The third-order valence-electron chi connectivity index (χ3n) is 5.21. The molecule has 0 N–H and O–H groups in total. The second-order valence-corrected chi connectivity index (χ2v) is 6.99. The highest BCUT2D eigenvalue weighted by atomic mass is 19.1. The zero-order chi connectivity index (χ0) is 19.7. The third kappa shape index (κ3) is 3.52. The minimum atomic E-state index is -0.322. The fraction of sp³-hybridized carbons (Fsp3) is 0.450. The first-order valence-electron chi connectivity index (χ1n) is 9.43. The van der Waals surface area contributed by atoms with E-state index in [1.54, 1.807) is 17.9 Å². The Kier molecular flexibility index (Phi) is 4.90. The Morgan fingerprint density at radius 1 is 1.36 bits per heavy atom. The zero-order valence-electron chi connectivity index (χ0n) is 15.6. The van der Waals surface area contributed by atoms with E-state index in [-0.39, 0.29) is 29.4 Å². The van der Waals surface area contributed by atoms with Gasteiger partial charge in [-0.05, 0) is 37.0 Å². The molecule has 2 atom stereocenters. The Balaban J connectivity index is 1.45. The first kappa shape index (κ1) is 18.3. The average molecular weight is 384 g/mol. The summed E-state index contributed by atoms with van der Waals surface area (Å²) in [5.41, 5.74) is 1.18. The van der Waals surface area contributed by atoms with Gasteiger partial charge in [0.2, 0.25) is 17.5 Å². The minimum Gasteiger partial charge on any atom is -0.450 e. The number of halogens is 1. The molecule has 1 aliphatic carbocycles. The van der Waals surface area contributed by atoms with Crippen LogP contribution in [0.25, 0.3) is 0 Å². The molecule has 1 amide bonds. The van der Waals surface area contributed by atoms with Crippen LogP contribution < -0.4 is 4.90 Å². The van der Waals surface area contributed by atoms with E-state index in [4.69, 9.17) is 9.15 Å². The average Bonchev–Trinajstić information content (AvgIpc) is 3.40. The van der Waals surface area contributed by atoms with Crippen molar-refractivity contribution in [2.24, 2.45) is 0 Å². The molecule has 2 heterocycles. The van der Waals surface area contributed by atoms with E-state index in [1.165, 1.54) is 12.1 Å². The summed E-state index contributed by atoms with van der Waals surface area (Å²) in [5.74, 6) is 0.936. The number of carbonyl (C=O) groups is 1. The van der Waals surface area contributed by atoms with Crippen LogP contribution in [0.15, 0.2) is 28.7 Å². The number of oxazole rings is 1. The highest BCUT2D eigenvalue weighted by Gasteiger charge is 2.44. The van der Waals surface area contributed by atoms with Gasteiger partial charge in [0.1, 0.15) is 11.9 Å². The van der Waals surface area contributed by atoms with Crippen LogP contribution in [-0.4, -0.2) is 48.8 Å². The van der Waals surface area contributed by atoms with Gasteiger partial charge < -0.3 is 19.0 Å². The van der Waals surface area contributed by atoms with Crippen molar-refractivity contribution in [3.05, 3.63) is 47.2 Å². The summed E-state index contributed by atoms with van der Waals surface area (Å²) in [5, 5.41) is 9.46. The van der Waals surface area contributed by atoms with Crippen LogP contribution in [0.4, 0.5) is 15.1 Å². The number of piperazine rings is 1. The number of anilines is 1. The molecule has 1 saturated carbocycles. The maximum Gasteiger partial charge on any atom is 0.409 e. The lowest BCUT2D eigenvalue weighted by Crippen LogP contribution is -2.49. The van der Waals surface area contributed by atoms with Crippen LogP contribution in [0.5, 0.6) is 0 Å². The number of amides is 1. The molecule has 1 saturated heterocycles. The molecule has 0 spiro atoms. The molecule has 7 nitrogen and oxygen atoms in total. The maximum atomic E-state index is 13.5. The highest BCUT2D eigenvalue weighted by Crippen LogP contribution is 2.55. The molecule has 2 aromatic rings. The van der Waals surface area contributed by atoms with Crippen LogP contribution in [0.3, 0.4) is 0 Å². The number of nitriles is 1. The second-order valence-electron chi connectivity index (χ2n) is 6.99. The summed E-state index contributed by atoms with van der Waals surface area (Å²) in [7, 11) is 0. The van der Waals surface area contributed by atoms with Gasteiger partial charge >= 0.3 is 6.09 Å². The van der Waals surface area contributed by atoms with E-state index >= 15 is 0 Å². The van der Waals surface area contributed by atoms with Gasteiger partial charge in [0.25, 0.3) is 0 Å². The molecule has 1 aliphatic heterocycles. The molecule has 2 fully saturated rings. The molecule has 4 rings (SSSR count). The molecule has 1 aromatic heterocycles. The molecular formula is C20H21FN4O3. The number of hydrogen-bond acceptors (Lipinski definition) is 6. The fourth-order valence-corrected chi connectivity index (χ4v) is 3.65. The number of nitrogens with zero attached hydrogens (tertiary/aromatic N) is 4. The van der Waals surface area contributed by atoms with Gasteiger partial charge in [0.15, 0.2) is 0 Å². The SMILES string of the molecule is CCOC(=O)N1CCN(c2oc(C3CC3c3cccc(F)c3)nc2C#N)CC1. The van der Waals surface area contributed by atoms with E-state index in [0.717, 1.165) is 12.0 Å².